The van der Waals surface area contributed by atoms with Gasteiger partial charge in [0, 0.05) is 5.56 Å². The van der Waals surface area contributed by atoms with Gasteiger partial charge in [-0.2, -0.15) is 0 Å². The van der Waals surface area contributed by atoms with Gasteiger partial charge >= 0.3 is 0 Å². The van der Waals surface area contributed by atoms with Crippen LogP contribution in [0.25, 0.3) is 0 Å². The first-order valence-corrected chi connectivity index (χ1v) is 7.18. The summed E-state index contributed by atoms with van der Waals surface area (Å²) in [4.78, 5) is 0. The second-order valence-electron chi connectivity index (χ2n) is 4.24. The minimum Gasteiger partial charge on any atom is -0.495 e. The van der Waals surface area contributed by atoms with Crippen molar-refractivity contribution in [2.45, 2.75) is 5.38 Å². The molecule has 0 amide bonds. The maximum Gasteiger partial charge on any atom is 0.146 e. The molecule has 0 radical (unpaired) electrons. The van der Waals surface area contributed by atoms with Crippen LogP contribution in [0.5, 0.6) is 11.5 Å². The topological polar surface area (TPSA) is 18.5 Å². The summed E-state index contributed by atoms with van der Waals surface area (Å²) < 4.78 is 23.7. The lowest BCUT2D eigenvalue weighted by Gasteiger charge is -2.17. The van der Waals surface area contributed by atoms with Crippen LogP contribution in [0, 0.1) is 5.82 Å². The number of ether oxygens (including phenoxy) is 2. The summed E-state index contributed by atoms with van der Waals surface area (Å²) in [5.41, 5.74) is 1.29. The number of alkyl halides is 1. The molecule has 2 nitrogen and oxygen atoms in total. The van der Waals surface area contributed by atoms with E-state index in [2.05, 4.69) is 0 Å². The second-order valence-corrected chi connectivity index (χ2v) is 5.46. The third-order valence-corrected chi connectivity index (χ3v) is 4.16. The summed E-state index contributed by atoms with van der Waals surface area (Å²) in [7, 11) is 3.00. The van der Waals surface area contributed by atoms with E-state index in [1.165, 1.54) is 26.4 Å². The van der Waals surface area contributed by atoms with Crippen LogP contribution in [0.1, 0.15) is 16.5 Å². The highest BCUT2D eigenvalue weighted by Crippen LogP contribution is 2.43. The van der Waals surface area contributed by atoms with E-state index >= 15 is 0 Å². The summed E-state index contributed by atoms with van der Waals surface area (Å²) in [6.07, 6.45) is 0. The number of halogens is 4. The largest absolute Gasteiger partial charge is 0.495 e. The molecule has 0 aliphatic carbocycles. The average Bonchev–Trinajstić information content (AvgIpc) is 2.49. The fourth-order valence-electron chi connectivity index (χ4n) is 1.97. The molecule has 6 heteroatoms. The number of benzene rings is 2. The molecule has 21 heavy (non-hydrogen) atoms. The van der Waals surface area contributed by atoms with Crippen molar-refractivity contribution in [3.63, 3.8) is 0 Å². The van der Waals surface area contributed by atoms with Gasteiger partial charge in [-0.15, -0.1) is 11.6 Å². The fourth-order valence-corrected chi connectivity index (χ4v) is 2.79. The van der Waals surface area contributed by atoms with Crippen molar-refractivity contribution in [2.75, 3.05) is 14.2 Å². The van der Waals surface area contributed by atoms with Crippen molar-refractivity contribution in [1.82, 2.24) is 0 Å². The van der Waals surface area contributed by atoms with Crippen molar-refractivity contribution >= 4 is 34.8 Å². The highest BCUT2D eigenvalue weighted by Gasteiger charge is 2.21. The predicted molar refractivity (Wildman–Crippen MR) is 83.7 cm³/mol. The molecule has 0 bridgehead atoms. The standard InChI is InChI=1S/C15H12Cl3FO2/c1-20-12-6-4-9(15(21-2)14(12)18)13(17)8-3-5-11(19)10(16)7-8/h3-7,13H,1-2H3. The maximum absolute atomic E-state index is 13.2. The van der Waals surface area contributed by atoms with E-state index in [-0.39, 0.29) is 5.02 Å². The van der Waals surface area contributed by atoms with Crippen molar-refractivity contribution in [3.05, 3.63) is 57.3 Å². The number of hydrogen-bond donors (Lipinski definition) is 0. The van der Waals surface area contributed by atoms with Crippen molar-refractivity contribution in [2.24, 2.45) is 0 Å². The zero-order valence-corrected chi connectivity index (χ0v) is 13.6. The molecule has 0 heterocycles. The van der Waals surface area contributed by atoms with Gasteiger partial charge in [0.1, 0.15) is 22.3 Å². The van der Waals surface area contributed by atoms with Gasteiger partial charge in [0.2, 0.25) is 0 Å². The fraction of sp³-hybridized carbons (Fsp3) is 0.200. The Hall–Kier alpha value is -1.16. The summed E-state index contributed by atoms with van der Waals surface area (Å²) in [5.74, 6) is 0.402. The van der Waals surface area contributed by atoms with Crippen LogP contribution < -0.4 is 9.47 Å². The lowest BCUT2D eigenvalue weighted by atomic mass is 10.0. The lowest BCUT2D eigenvalue weighted by molar-refractivity contribution is 0.392. The van der Waals surface area contributed by atoms with Crippen LogP contribution in [0.3, 0.4) is 0 Å². The van der Waals surface area contributed by atoms with E-state index in [9.17, 15) is 4.39 Å². The van der Waals surface area contributed by atoms with E-state index in [1.54, 1.807) is 18.2 Å². The Morgan fingerprint density at radius 1 is 1.05 bits per heavy atom. The summed E-state index contributed by atoms with van der Waals surface area (Å²) >= 11 is 18.4. The molecular formula is C15H12Cl3FO2. The Morgan fingerprint density at radius 3 is 2.33 bits per heavy atom. The Labute approximate surface area is 137 Å². The monoisotopic (exact) mass is 348 g/mol. The molecule has 0 spiro atoms. The van der Waals surface area contributed by atoms with Crippen molar-refractivity contribution < 1.29 is 13.9 Å². The molecule has 112 valence electrons. The van der Waals surface area contributed by atoms with Gasteiger partial charge in [0.15, 0.2) is 0 Å². The third kappa shape index (κ3) is 3.20. The lowest BCUT2D eigenvalue weighted by Crippen LogP contribution is -2.00. The number of rotatable bonds is 4. The Kier molecular flexibility index (Phi) is 5.20. The van der Waals surface area contributed by atoms with Crippen molar-refractivity contribution in [1.29, 1.82) is 0 Å². The van der Waals surface area contributed by atoms with Crippen molar-refractivity contribution in [3.8, 4) is 11.5 Å². The molecule has 0 aromatic heterocycles. The molecule has 0 N–H and O–H groups in total. The summed E-state index contributed by atoms with van der Waals surface area (Å²) in [6, 6.07) is 7.76. The average molecular weight is 350 g/mol. The van der Waals surface area contributed by atoms with Gasteiger partial charge in [0.25, 0.3) is 0 Å². The molecule has 2 rings (SSSR count). The highest BCUT2D eigenvalue weighted by atomic mass is 35.5. The molecule has 0 fully saturated rings. The van der Waals surface area contributed by atoms with Gasteiger partial charge in [-0.1, -0.05) is 29.3 Å². The van der Waals surface area contributed by atoms with E-state index in [4.69, 9.17) is 44.3 Å². The second kappa shape index (κ2) is 6.73. The molecule has 0 saturated heterocycles. The Balaban J connectivity index is 2.50. The van der Waals surface area contributed by atoms with Gasteiger partial charge in [-0.25, -0.2) is 4.39 Å². The molecule has 0 aliphatic heterocycles. The van der Waals surface area contributed by atoms with Crippen LogP contribution in [0.4, 0.5) is 4.39 Å². The molecule has 0 saturated carbocycles. The van der Waals surface area contributed by atoms with E-state index < -0.39 is 11.2 Å². The molecule has 1 unspecified atom stereocenters. The quantitative estimate of drug-likeness (QED) is 0.681. The van der Waals surface area contributed by atoms with Crippen LogP contribution in [0.2, 0.25) is 10.0 Å². The van der Waals surface area contributed by atoms with Crippen LogP contribution in [-0.4, -0.2) is 14.2 Å². The minimum absolute atomic E-state index is 0.0109. The summed E-state index contributed by atoms with van der Waals surface area (Å²) in [6.45, 7) is 0. The van der Waals surface area contributed by atoms with E-state index in [1.807, 2.05) is 0 Å². The zero-order chi connectivity index (χ0) is 15.6. The molecule has 2 aromatic rings. The molecule has 1 atom stereocenters. The predicted octanol–water partition coefficient (Wildman–Crippen LogP) is 5.48. The van der Waals surface area contributed by atoms with E-state index in [0.29, 0.717) is 27.6 Å². The van der Waals surface area contributed by atoms with E-state index in [0.717, 1.165) is 0 Å². The molecule has 0 aliphatic rings. The summed E-state index contributed by atoms with van der Waals surface area (Å²) in [5, 5.41) is -0.241. The molecular weight excluding hydrogens is 338 g/mol. The first-order chi connectivity index (χ1) is 9.99. The molecule has 2 aromatic carbocycles. The highest BCUT2D eigenvalue weighted by molar-refractivity contribution is 6.34. The number of methoxy groups -OCH3 is 2. The van der Waals surface area contributed by atoms with Gasteiger partial charge in [0.05, 0.1) is 24.6 Å². The van der Waals surface area contributed by atoms with Crippen LogP contribution in [-0.2, 0) is 0 Å². The minimum atomic E-state index is -0.582. The van der Waals surface area contributed by atoms with Gasteiger partial charge in [-0.05, 0) is 29.8 Å². The number of hydrogen-bond acceptors (Lipinski definition) is 2. The van der Waals surface area contributed by atoms with Gasteiger partial charge < -0.3 is 9.47 Å². The van der Waals surface area contributed by atoms with Gasteiger partial charge in [-0.3, -0.25) is 0 Å². The smallest absolute Gasteiger partial charge is 0.146 e. The first kappa shape index (κ1) is 16.2. The zero-order valence-electron chi connectivity index (χ0n) is 11.3. The van der Waals surface area contributed by atoms with Crippen LogP contribution in [0.15, 0.2) is 30.3 Å². The Bertz CT molecular complexity index is 662. The third-order valence-electron chi connectivity index (χ3n) is 3.03. The first-order valence-electron chi connectivity index (χ1n) is 5.99. The van der Waals surface area contributed by atoms with Crippen LogP contribution >= 0.6 is 34.8 Å². The Morgan fingerprint density at radius 2 is 1.76 bits per heavy atom. The SMILES string of the molecule is COc1ccc(C(Cl)c2ccc(F)c(Cl)c2)c(OC)c1Cl. The normalized spacial score (nSPS) is 12.1. The maximum atomic E-state index is 13.2.